The van der Waals surface area contributed by atoms with Crippen molar-refractivity contribution in [2.45, 2.75) is 13.8 Å². The van der Waals surface area contributed by atoms with E-state index in [0.717, 1.165) is 22.6 Å². The molecule has 1 amide bonds. The Balaban J connectivity index is 1.80. The standard InChI is InChI=1S/C21H21N3O2/c1-15-13-19(16(2)24(15)18-10-5-4-6-11-18)21(25)23-22-14-17-9-7-8-12-20(17)26-3/h4-14H,1-3H3,(H,23,25). The Labute approximate surface area is 152 Å². The van der Waals surface area contributed by atoms with Crippen LogP contribution in [0.1, 0.15) is 27.3 Å². The third-order valence-corrected chi connectivity index (χ3v) is 4.20. The average Bonchev–Trinajstić information content (AvgIpc) is 2.97. The molecule has 3 aromatic rings. The third-order valence-electron chi connectivity index (χ3n) is 4.20. The lowest BCUT2D eigenvalue weighted by Gasteiger charge is -2.09. The molecule has 3 rings (SSSR count). The van der Waals surface area contributed by atoms with Crippen LogP contribution in [0.4, 0.5) is 0 Å². The zero-order chi connectivity index (χ0) is 18.5. The third kappa shape index (κ3) is 3.52. The van der Waals surface area contributed by atoms with Gasteiger partial charge in [-0.3, -0.25) is 4.79 Å². The van der Waals surface area contributed by atoms with E-state index < -0.39 is 0 Å². The molecular formula is C21H21N3O2. The van der Waals surface area contributed by atoms with Crippen LogP contribution in [0.25, 0.3) is 5.69 Å². The first-order valence-electron chi connectivity index (χ1n) is 8.32. The number of para-hydroxylation sites is 2. The maximum atomic E-state index is 12.5. The Morgan fingerprint density at radius 3 is 2.50 bits per heavy atom. The molecule has 0 spiro atoms. The number of methoxy groups -OCH3 is 1. The summed E-state index contributed by atoms with van der Waals surface area (Å²) in [5.74, 6) is 0.458. The maximum absolute atomic E-state index is 12.5. The summed E-state index contributed by atoms with van der Waals surface area (Å²) in [6.45, 7) is 3.91. The molecule has 2 aromatic carbocycles. The second-order valence-electron chi connectivity index (χ2n) is 5.90. The van der Waals surface area contributed by atoms with Crippen LogP contribution in [-0.2, 0) is 0 Å². The summed E-state index contributed by atoms with van der Waals surface area (Å²) in [4.78, 5) is 12.5. The van der Waals surface area contributed by atoms with Crippen molar-refractivity contribution in [2.24, 2.45) is 5.10 Å². The lowest BCUT2D eigenvalue weighted by molar-refractivity contribution is 0.0954. The van der Waals surface area contributed by atoms with Gasteiger partial charge in [-0.05, 0) is 44.2 Å². The number of hydrogen-bond donors (Lipinski definition) is 1. The van der Waals surface area contributed by atoms with Gasteiger partial charge in [-0.25, -0.2) is 5.43 Å². The molecule has 0 atom stereocenters. The molecule has 0 aliphatic heterocycles. The number of amides is 1. The van der Waals surface area contributed by atoms with E-state index in [1.165, 1.54) is 0 Å². The number of aryl methyl sites for hydroxylation is 1. The highest BCUT2D eigenvalue weighted by Crippen LogP contribution is 2.20. The van der Waals surface area contributed by atoms with Crippen molar-refractivity contribution in [3.05, 3.63) is 83.2 Å². The lowest BCUT2D eigenvalue weighted by Crippen LogP contribution is -2.18. The smallest absolute Gasteiger partial charge is 0.273 e. The molecule has 26 heavy (non-hydrogen) atoms. The summed E-state index contributed by atoms with van der Waals surface area (Å²) >= 11 is 0. The number of benzene rings is 2. The fourth-order valence-electron chi connectivity index (χ4n) is 2.96. The molecule has 1 aromatic heterocycles. The zero-order valence-corrected chi connectivity index (χ0v) is 15.1. The van der Waals surface area contributed by atoms with Gasteiger partial charge >= 0.3 is 0 Å². The van der Waals surface area contributed by atoms with Crippen molar-refractivity contribution in [2.75, 3.05) is 7.11 Å². The molecule has 132 valence electrons. The molecule has 0 saturated heterocycles. The number of nitrogens with one attached hydrogen (secondary N) is 1. The zero-order valence-electron chi connectivity index (χ0n) is 15.1. The molecule has 5 nitrogen and oxygen atoms in total. The van der Waals surface area contributed by atoms with Crippen LogP contribution in [0, 0.1) is 13.8 Å². The van der Waals surface area contributed by atoms with Crippen molar-refractivity contribution in [1.82, 2.24) is 9.99 Å². The maximum Gasteiger partial charge on any atom is 0.273 e. The quantitative estimate of drug-likeness (QED) is 0.563. The predicted octanol–water partition coefficient (Wildman–Crippen LogP) is 3.87. The summed E-state index contributed by atoms with van der Waals surface area (Å²) in [6, 6.07) is 19.3. The van der Waals surface area contributed by atoms with Gasteiger partial charge in [0.15, 0.2) is 0 Å². The van der Waals surface area contributed by atoms with Crippen LogP contribution in [0.2, 0.25) is 0 Å². The summed E-state index contributed by atoms with van der Waals surface area (Å²) in [7, 11) is 1.60. The van der Waals surface area contributed by atoms with Gasteiger partial charge in [-0.15, -0.1) is 0 Å². The topological polar surface area (TPSA) is 55.6 Å². The molecular weight excluding hydrogens is 326 g/mol. The van der Waals surface area contributed by atoms with E-state index in [4.69, 9.17) is 4.74 Å². The van der Waals surface area contributed by atoms with E-state index >= 15 is 0 Å². The Kier molecular flexibility index (Phi) is 5.17. The van der Waals surface area contributed by atoms with Gasteiger partial charge in [0.25, 0.3) is 5.91 Å². The Hall–Kier alpha value is -3.34. The number of rotatable bonds is 5. The number of aromatic nitrogens is 1. The monoisotopic (exact) mass is 347 g/mol. The second kappa shape index (κ2) is 7.70. The molecule has 1 heterocycles. The molecule has 0 aliphatic carbocycles. The summed E-state index contributed by atoms with van der Waals surface area (Å²) in [5.41, 5.74) is 6.88. The second-order valence-corrected chi connectivity index (χ2v) is 5.90. The lowest BCUT2D eigenvalue weighted by atomic mass is 10.2. The average molecular weight is 347 g/mol. The van der Waals surface area contributed by atoms with Crippen LogP contribution in [0.15, 0.2) is 65.8 Å². The first-order chi connectivity index (χ1) is 12.6. The Morgan fingerprint density at radius 1 is 1.08 bits per heavy atom. The number of carbonyl (C=O) groups is 1. The summed E-state index contributed by atoms with van der Waals surface area (Å²) < 4.78 is 7.32. The minimum atomic E-state index is -0.244. The van der Waals surface area contributed by atoms with E-state index in [-0.39, 0.29) is 5.91 Å². The van der Waals surface area contributed by atoms with Crippen LogP contribution in [0.5, 0.6) is 5.75 Å². The van der Waals surface area contributed by atoms with Gasteiger partial charge in [0.05, 0.1) is 18.9 Å². The summed E-state index contributed by atoms with van der Waals surface area (Å²) in [6.07, 6.45) is 1.58. The van der Waals surface area contributed by atoms with Gasteiger partial charge in [-0.2, -0.15) is 5.10 Å². The van der Waals surface area contributed by atoms with E-state index in [2.05, 4.69) is 15.1 Å². The molecule has 0 aliphatic rings. The fraction of sp³-hybridized carbons (Fsp3) is 0.143. The molecule has 0 radical (unpaired) electrons. The van der Waals surface area contributed by atoms with E-state index in [1.54, 1.807) is 13.3 Å². The van der Waals surface area contributed by atoms with Crippen LogP contribution in [-0.4, -0.2) is 23.8 Å². The minimum Gasteiger partial charge on any atom is -0.496 e. The highest BCUT2D eigenvalue weighted by Gasteiger charge is 2.16. The van der Waals surface area contributed by atoms with Crippen molar-refractivity contribution in [1.29, 1.82) is 0 Å². The largest absolute Gasteiger partial charge is 0.496 e. The van der Waals surface area contributed by atoms with Crippen LogP contribution in [0.3, 0.4) is 0 Å². The van der Waals surface area contributed by atoms with E-state index in [0.29, 0.717) is 11.3 Å². The first-order valence-corrected chi connectivity index (χ1v) is 8.32. The normalized spacial score (nSPS) is 10.9. The number of nitrogens with zero attached hydrogens (tertiary/aromatic N) is 2. The van der Waals surface area contributed by atoms with E-state index in [1.807, 2.05) is 74.5 Å². The van der Waals surface area contributed by atoms with Gasteiger partial charge in [0, 0.05) is 22.6 Å². The number of hydrazone groups is 1. The SMILES string of the molecule is COc1ccccc1C=NNC(=O)c1cc(C)n(-c2ccccc2)c1C. The molecule has 0 bridgehead atoms. The molecule has 1 N–H and O–H groups in total. The molecule has 0 saturated carbocycles. The molecule has 0 unspecified atom stereocenters. The van der Waals surface area contributed by atoms with Gasteiger partial charge in [0.2, 0.25) is 0 Å². The molecule has 0 fully saturated rings. The van der Waals surface area contributed by atoms with Gasteiger partial charge in [0.1, 0.15) is 5.75 Å². The van der Waals surface area contributed by atoms with Gasteiger partial charge in [-0.1, -0.05) is 30.3 Å². The van der Waals surface area contributed by atoms with Crippen molar-refractivity contribution in [3.63, 3.8) is 0 Å². The van der Waals surface area contributed by atoms with Crippen LogP contribution >= 0.6 is 0 Å². The predicted molar refractivity (Wildman–Crippen MR) is 103 cm³/mol. The molecule has 5 heteroatoms. The number of carbonyl (C=O) groups excluding carboxylic acids is 1. The Morgan fingerprint density at radius 2 is 1.77 bits per heavy atom. The van der Waals surface area contributed by atoms with Crippen molar-refractivity contribution in [3.8, 4) is 11.4 Å². The number of hydrogen-bond acceptors (Lipinski definition) is 3. The van der Waals surface area contributed by atoms with E-state index in [9.17, 15) is 4.79 Å². The first kappa shape index (κ1) is 17.5. The minimum absolute atomic E-state index is 0.244. The summed E-state index contributed by atoms with van der Waals surface area (Å²) in [5, 5.41) is 4.07. The van der Waals surface area contributed by atoms with Crippen molar-refractivity contribution < 1.29 is 9.53 Å². The number of ether oxygens (including phenoxy) is 1. The Bertz CT molecular complexity index is 943. The highest BCUT2D eigenvalue weighted by atomic mass is 16.5. The highest BCUT2D eigenvalue weighted by molar-refractivity contribution is 5.96. The van der Waals surface area contributed by atoms with Crippen LogP contribution < -0.4 is 10.2 Å². The van der Waals surface area contributed by atoms with Crippen molar-refractivity contribution >= 4 is 12.1 Å². The van der Waals surface area contributed by atoms with Gasteiger partial charge < -0.3 is 9.30 Å². The fourth-order valence-corrected chi connectivity index (χ4v) is 2.96.